The van der Waals surface area contributed by atoms with Crippen molar-refractivity contribution in [2.24, 2.45) is 0 Å². The third-order valence-corrected chi connectivity index (χ3v) is 4.41. The Kier molecular flexibility index (Phi) is 3.96. The molecule has 2 N–H and O–H groups in total. The molecule has 1 fully saturated rings. The molecule has 1 unspecified atom stereocenters. The van der Waals surface area contributed by atoms with E-state index in [0.717, 1.165) is 11.1 Å². The topological polar surface area (TPSA) is 60.8 Å². The molecule has 22 heavy (non-hydrogen) atoms. The molecule has 4 atom stereocenters. The van der Waals surface area contributed by atoms with E-state index in [1.165, 1.54) is 4.90 Å². The molecule has 0 aromatic heterocycles. The van der Waals surface area contributed by atoms with Crippen LogP contribution in [0, 0.1) is 0 Å². The van der Waals surface area contributed by atoms with E-state index in [2.05, 4.69) is 0 Å². The Morgan fingerprint density at radius 1 is 1.00 bits per heavy atom. The van der Waals surface area contributed by atoms with Crippen LogP contribution in [0.1, 0.15) is 23.1 Å². The number of amides is 1. The van der Waals surface area contributed by atoms with Crippen molar-refractivity contribution in [1.82, 2.24) is 4.90 Å². The molecule has 2 aromatic rings. The third kappa shape index (κ3) is 2.40. The number of rotatable bonds is 3. The van der Waals surface area contributed by atoms with Crippen LogP contribution in [0.4, 0.5) is 0 Å². The number of carbonyl (C=O) groups is 1. The molecule has 0 spiro atoms. The van der Waals surface area contributed by atoms with Crippen LogP contribution in [0.3, 0.4) is 0 Å². The van der Waals surface area contributed by atoms with E-state index in [-0.39, 0.29) is 5.91 Å². The molecule has 1 aliphatic rings. The number of benzene rings is 2. The fourth-order valence-electron chi connectivity index (χ4n) is 3.25. The predicted molar refractivity (Wildman–Crippen MR) is 83.1 cm³/mol. The summed E-state index contributed by atoms with van der Waals surface area (Å²) in [6.45, 7) is 0. The highest BCUT2D eigenvalue weighted by atomic mass is 16.3. The number of likely N-dealkylation sites (N-methyl/N-ethyl adjacent to an activating group) is 1. The average Bonchev–Trinajstić information content (AvgIpc) is 2.80. The zero-order chi connectivity index (χ0) is 15.7. The van der Waals surface area contributed by atoms with Gasteiger partial charge in [0.15, 0.2) is 0 Å². The van der Waals surface area contributed by atoms with Crippen LogP contribution < -0.4 is 0 Å². The summed E-state index contributed by atoms with van der Waals surface area (Å²) < 4.78 is 0. The zero-order valence-corrected chi connectivity index (χ0v) is 12.3. The number of aliphatic hydroxyl groups is 2. The Bertz CT molecular complexity index is 644. The van der Waals surface area contributed by atoms with Gasteiger partial charge in [-0.3, -0.25) is 4.79 Å². The number of hydrogen-bond acceptors (Lipinski definition) is 3. The molecule has 1 saturated heterocycles. The van der Waals surface area contributed by atoms with Crippen molar-refractivity contribution in [3.8, 4) is 0 Å². The van der Waals surface area contributed by atoms with E-state index in [4.69, 9.17) is 0 Å². The molecule has 3 rings (SSSR count). The Hall–Kier alpha value is -2.17. The Balaban J connectivity index is 2.01. The maximum absolute atomic E-state index is 12.2. The minimum absolute atomic E-state index is 0.353. The predicted octanol–water partition coefficient (Wildman–Crippen LogP) is 1.71. The van der Waals surface area contributed by atoms with E-state index in [1.807, 2.05) is 60.7 Å². The summed E-state index contributed by atoms with van der Waals surface area (Å²) in [5.41, 5.74) is 1.59. The molecular weight excluding hydrogens is 278 g/mol. The molecule has 2 aromatic carbocycles. The second-order valence-electron chi connectivity index (χ2n) is 5.68. The first-order chi connectivity index (χ1) is 10.6. The first-order valence-corrected chi connectivity index (χ1v) is 7.34. The van der Waals surface area contributed by atoms with Crippen LogP contribution in [0.15, 0.2) is 60.7 Å². The zero-order valence-electron chi connectivity index (χ0n) is 12.3. The maximum atomic E-state index is 12.2. The molecule has 1 amide bonds. The van der Waals surface area contributed by atoms with E-state index < -0.39 is 24.2 Å². The average molecular weight is 297 g/mol. The van der Waals surface area contributed by atoms with Gasteiger partial charge in [0.2, 0.25) is 0 Å². The SMILES string of the molecule is CN1C(=O)[C@H](O)[C@H](c2ccccc2)[C@@H]1C(O)c1ccccc1. The fourth-order valence-corrected chi connectivity index (χ4v) is 3.25. The van der Waals surface area contributed by atoms with Crippen molar-refractivity contribution >= 4 is 5.91 Å². The summed E-state index contributed by atoms with van der Waals surface area (Å²) >= 11 is 0. The molecule has 1 heterocycles. The Morgan fingerprint density at radius 2 is 1.55 bits per heavy atom. The van der Waals surface area contributed by atoms with Gasteiger partial charge in [0.1, 0.15) is 12.2 Å². The first-order valence-electron chi connectivity index (χ1n) is 7.34. The van der Waals surface area contributed by atoms with Gasteiger partial charge in [-0.2, -0.15) is 0 Å². The monoisotopic (exact) mass is 297 g/mol. The minimum atomic E-state index is -1.13. The molecule has 4 nitrogen and oxygen atoms in total. The van der Waals surface area contributed by atoms with Crippen LogP contribution in [0.25, 0.3) is 0 Å². The van der Waals surface area contributed by atoms with Gasteiger partial charge in [-0.25, -0.2) is 0 Å². The van der Waals surface area contributed by atoms with Crippen molar-refractivity contribution in [2.45, 2.75) is 24.2 Å². The van der Waals surface area contributed by atoms with Gasteiger partial charge in [0.05, 0.1) is 6.04 Å². The third-order valence-electron chi connectivity index (χ3n) is 4.41. The van der Waals surface area contributed by atoms with E-state index >= 15 is 0 Å². The van der Waals surface area contributed by atoms with Gasteiger partial charge in [0.25, 0.3) is 5.91 Å². The number of likely N-dealkylation sites (tertiary alicyclic amines) is 1. The Labute approximate surface area is 129 Å². The van der Waals surface area contributed by atoms with Gasteiger partial charge in [-0.05, 0) is 11.1 Å². The molecule has 1 aliphatic heterocycles. The number of carbonyl (C=O) groups excluding carboxylic acids is 1. The van der Waals surface area contributed by atoms with E-state index in [9.17, 15) is 15.0 Å². The van der Waals surface area contributed by atoms with Crippen molar-refractivity contribution in [2.75, 3.05) is 7.05 Å². The summed E-state index contributed by atoms with van der Waals surface area (Å²) in [6, 6.07) is 18.1. The van der Waals surface area contributed by atoms with Crippen molar-refractivity contribution in [1.29, 1.82) is 0 Å². The van der Waals surface area contributed by atoms with Gasteiger partial charge in [-0.15, -0.1) is 0 Å². The second kappa shape index (κ2) is 5.91. The second-order valence-corrected chi connectivity index (χ2v) is 5.68. The normalized spacial score (nSPS) is 26.2. The lowest BCUT2D eigenvalue weighted by atomic mass is 9.85. The summed E-state index contributed by atoms with van der Waals surface area (Å²) in [6.07, 6.45) is -1.98. The molecule has 0 radical (unpaired) electrons. The lowest BCUT2D eigenvalue weighted by molar-refractivity contribution is -0.135. The van der Waals surface area contributed by atoms with Crippen LogP contribution in [-0.2, 0) is 4.79 Å². The lowest BCUT2D eigenvalue weighted by Gasteiger charge is -2.30. The summed E-state index contributed by atoms with van der Waals surface area (Å²) in [7, 11) is 1.63. The summed E-state index contributed by atoms with van der Waals surface area (Å²) in [5, 5.41) is 21.1. The standard InChI is InChI=1S/C18H19NO3/c1-19-15(16(20)13-10-6-3-7-11-13)14(17(21)18(19)22)12-8-4-2-5-9-12/h2-11,14-17,20-21H,1H3/t14-,15-,16?,17-/m1/s1. The largest absolute Gasteiger partial charge is 0.386 e. The first kappa shape index (κ1) is 14.8. The van der Waals surface area contributed by atoms with E-state index in [0.29, 0.717) is 0 Å². The quantitative estimate of drug-likeness (QED) is 0.906. The van der Waals surface area contributed by atoms with Crippen LogP contribution in [-0.4, -0.2) is 40.2 Å². The minimum Gasteiger partial charge on any atom is -0.386 e. The smallest absolute Gasteiger partial charge is 0.252 e. The van der Waals surface area contributed by atoms with Gasteiger partial charge in [-0.1, -0.05) is 60.7 Å². The maximum Gasteiger partial charge on any atom is 0.252 e. The number of aliphatic hydroxyl groups excluding tert-OH is 2. The molecule has 4 heteroatoms. The molecule has 0 aliphatic carbocycles. The molecular formula is C18H19NO3. The summed E-state index contributed by atoms with van der Waals surface area (Å²) in [5.74, 6) is -0.803. The van der Waals surface area contributed by atoms with Crippen molar-refractivity contribution in [3.05, 3.63) is 71.8 Å². The molecule has 0 saturated carbocycles. The highest BCUT2D eigenvalue weighted by Gasteiger charge is 2.49. The Morgan fingerprint density at radius 3 is 2.14 bits per heavy atom. The van der Waals surface area contributed by atoms with Gasteiger partial charge >= 0.3 is 0 Å². The van der Waals surface area contributed by atoms with E-state index in [1.54, 1.807) is 7.05 Å². The van der Waals surface area contributed by atoms with Crippen LogP contribution in [0.5, 0.6) is 0 Å². The van der Waals surface area contributed by atoms with Gasteiger partial charge in [0, 0.05) is 13.0 Å². The number of nitrogens with zero attached hydrogens (tertiary/aromatic N) is 1. The van der Waals surface area contributed by atoms with Crippen molar-refractivity contribution in [3.63, 3.8) is 0 Å². The van der Waals surface area contributed by atoms with Crippen LogP contribution >= 0.6 is 0 Å². The number of hydrogen-bond donors (Lipinski definition) is 2. The summed E-state index contributed by atoms with van der Waals surface area (Å²) in [4.78, 5) is 13.7. The highest BCUT2D eigenvalue weighted by molar-refractivity contribution is 5.85. The van der Waals surface area contributed by atoms with Crippen molar-refractivity contribution < 1.29 is 15.0 Å². The van der Waals surface area contributed by atoms with Crippen LogP contribution in [0.2, 0.25) is 0 Å². The highest BCUT2D eigenvalue weighted by Crippen LogP contribution is 2.40. The fraction of sp³-hybridized carbons (Fsp3) is 0.278. The molecule has 114 valence electrons. The lowest BCUT2D eigenvalue weighted by Crippen LogP contribution is -2.36. The van der Waals surface area contributed by atoms with Gasteiger partial charge < -0.3 is 15.1 Å². The molecule has 0 bridgehead atoms.